The normalized spacial score (nSPS) is 15.2. The van der Waals surface area contributed by atoms with E-state index in [1.54, 1.807) is 0 Å². The van der Waals surface area contributed by atoms with Crippen LogP contribution in [0.1, 0.15) is 44.2 Å². The Morgan fingerprint density at radius 2 is 1.92 bits per heavy atom. The maximum atomic E-state index is 12.2. The first kappa shape index (κ1) is 17.2. The highest BCUT2D eigenvalue weighted by Gasteiger charge is 2.32. The highest BCUT2D eigenvalue weighted by molar-refractivity contribution is 5.97. The van der Waals surface area contributed by atoms with Gasteiger partial charge in [0.15, 0.2) is 0 Å². The largest absolute Gasteiger partial charge is 0.326 e. The average Bonchev–Trinajstić information content (AvgIpc) is 2.56. The molecule has 25 heavy (non-hydrogen) atoms. The lowest BCUT2D eigenvalue weighted by Gasteiger charge is -2.32. The lowest BCUT2D eigenvalue weighted by atomic mass is 9.78. The Labute approximate surface area is 148 Å². The minimum Gasteiger partial charge on any atom is -0.326 e. The molecule has 0 radical (unpaired) electrons. The van der Waals surface area contributed by atoms with E-state index in [0.717, 1.165) is 29.8 Å². The van der Waals surface area contributed by atoms with Crippen LogP contribution in [0.4, 0.5) is 11.4 Å². The van der Waals surface area contributed by atoms with Crippen LogP contribution in [-0.2, 0) is 21.4 Å². The summed E-state index contributed by atoms with van der Waals surface area (Å²) in [6, 6.07) is 15.9. The number of rotatable bonds is 5. The lowest BCUT2D eigenvalue weighted by molar-refractivity contribution is -0.118. The van der Waals surface area contributed by atoms with Crippen LogP contribution in [-0.4, -0.2) is 11.8 Å². The second-order valence-corrected chi connectivity index (χ2v) is 7.26. The SMILES string of the molecule is CC1(C)CC(=O)Nc2ccc(NC(=O)CCCc3ccccc3)cc21. The number of hydrogen-bond acceptors (Lipinski definition) is 2. The van der Waals surface area contributed by atoms with Crippen molar-refractivity contribution in [3.8, 4) is 0 Å². The fourth-order valence-corrected chi connectivity index (χ4v) is 3.30. The Balaban J connectivity index is 1.60. The van der Waals surface area contributed by atoms with Gasteiger partial charge in [-0.05, 0) is 42.2 Å². The third-order valence-electron chi connectivity index (χ3n) is 4.62. The Bertz CT molecular complexity index is 782. The Kier molecular flexibility index (Phi) is 4.88. The van der Waals surface area contributed by atoms with Crippen LogP contribution >= 0.6 is 0 Å². The van der Waals surface area contributed by atoms with Crippen LogP contribution in [0, 0.1) is 0 Å². The monoisotopic (exact) mass is 336 g/mol. The Morgan fingerprint density at radius 1 is 1.16 bits per heavy atom. The van der Waals surface area contributed by atoms with Crippen LogP contribution in [0.2, 0.25) is 0 Å². The van der Waals surface area contributed by atoms with Gasteiger partial charge in [-0.15, -0.1) is 0 Å². The molecule has 2 amide bonds. The van der Waals surface area contributed by atoms with Crippen molar-refractivity contribution in [2.24, 2.45) is 0 Å². The molecule has 4 nitrogen and oxygen atoms in total. The Morgan fingerprint density at radius 3 is 2.68 bits per heavy atom. The Hall–Kier alpha value is -2.62. The van der Waals surface area contributed by atoms with E-state index in [0.29, 0.717) is 12.8 Å². The predicted octanol–water partition coefficient (Wildman–Crippen LogP) is 4.27. The molecule has 2 aromatic carbocycles. The standard InChI is InChI=1S/C21H24N2O2/c1-21(2)14-20(25)23-18-12-11-16(13-17(18)21)22-19(24)10-6-9-15-7-4-3-5-8-15/h3-5,7-8,11-13H,6,9-10,14H2,1-2H3,(H,22,24)(H,23,25). The van der Waals surface area contributed by atoms with Crippen molar-refractivity contribution in [3.05, 3.63) is 59.7 Å². The van der Waals surface area contributed by atoms with Crippen molar-refractivity contribution >= 4 is 23.2 Å². The molecule has 0 bridgehead atoms. The van der Waals surface area contributed by atoms with Gasteiger partial charge in [-0.3, -0.25) is 9.59 Å². The number of carbonyl (C=O) groups is 2. The van der Waals surface area contributed by atoms with Gasteiger partial charge < -0.3 is 10.6 Å². The van der Waals surface area contributed by atoms with Crippen LogP contribution < -0.4 is 10.6 Å². The molecule has 2 aromatic rings. The maximum absolute atomic E-state index is 12.2. The number of nitrogens with one attached hydrogen (secondary N) is 2. The zero-order valence-corrected chi connectivity index (χ0v) is 14.8. The molecule has 0 aliphatic carbocycles. The first-order valence-corrected chi connectivity index (χ1v) is 8.72. The second-order valence-electron chi connectivity index (χ2n) is 7.26. The zero-order chi connectivity index (χ0) is 17.9. The minimum absolute atomic E-state index is 0.0218. The lowest BCUT2D eigenvalue weighted by Crippen LogP contribution is -2.32. The van der Waals surface area contributed by atoms with Gasteiger partial charge in [0.05, 0.1) is 0 Å². The maximum Gasteiger partial charge on any atom is 0.225 e. The van der Waals surface area contributed by atoms with Gasteiger partial charge >= 0.3 is 0 Å². The number of aryl methyl sites for hydroxylation is 1. The molecule has 0 saturated heterocycles. The van der Waals surface area contributed by atoms with Crippen molar-refractivity contribution in [1.29, 1.82) is 0 Å². The highest BCUT2D eigenvalue weighted by Crippen LogP contribution is 2.38. The molecule has 1 aliphatic rings. The molecule has 0 atom stereocenters. The average molecular weight is 336 g/mol. The fourth-order valence-electron chi connectivity index (χ4n) is 3.30. The molecule has 0 aromatic heterocycles. The molecule has 130 valence electrons. The summed E-state index contributed by atoms with van der Waals surface area (Å²) in [5.41, 5.74) is 3.71. The van der Waals surface area contributed by atoms with Crippen LogP contribution in [0.5, 0.6) is 0 Å². The van der Waals surface area contributed by atoms with Gasteiger partial charge in [0, 0.05) is 29.6 Å². The molecular weight excluding hydrogens is 312 g/mol. The first-order valence-electron chi connectivity index (χ1n) is 8.72. The van der Waals surface area contributed by atoms with Gasteiger partial charge in [0.1, 0.15) is 0 Å². The van der Waals surface area contributed by atoms with E-state index in [1.807, 2.05) is 36.4 Å². The molecule has 0 saturated carbocycles. The van der Waals surface area contributed by atoms with E-state index >= 15 is 0 Å². The topological polar surface area (TPSA) is 58.2 Å². The van der Waals surface area contributed by atoms with Crippen LogP contribution in [0.15, 0.2) is 48.5 Å². The molecule has 1 heterocycles. The summed E-state index contributed by atoms with van der Waals surface area (Å²) in [7, 11) is 0. The van der Waals surface area contributed by atoms with Crippen molar-refractivity contribution in [2.45, 2.75) is 44.9 Å². The summed E-state index contributed by atoms with van der Waals surface area (Å²) < 4.78 is 0. The third-order valence-corrected chi connectivity index (χ3v) is 4.62. The summed E-state index contributed by atoms with van der Waals surface area (Å²) >= 11 is 0. The van der Waals surface area contributed by atoms with E-state index in [9.17, 15) is 9.59 Å². The van der Waals surface area contributed by atoms with Gasteiger partial charge in [-0.25, -0.2) is 0 Å². The molecular formula is C21H24N2O2. The molecule has 0 unspecified atom stereocenters. The number of fused-ring (bicyclic) bond motifs is 1. The molecule has 4 heteroatoms. The second kappa shape index (κ2) is 7.09. The van der Waals surface area contributed by atoms with Crippen LogP contribution in [0.3, 0.4) is 0 Å². The fraction of sp³-hybridized carbons (Fsp3) is 0.333. The van der Waals surface area contributed by atoms with Crippen molar-refractivity contribution in [3.63, 3.8) is 0 Å². The summed E-state index contributed by atoms with van der Waals surface area (Å²) in [6.07, 6.45) is 2.67. The van der Waals surface area contributed by atoms with E-state index in [4.69, 9.17) is 0 Å². The van der Waals surface area contributed by atoms with Gasteiger partial charge in [0.25, 0.3) is 0 Å². The summed E-state index contributed by atoms with van der Waals surface area (Å²) in [4.78, 5) is 24.0. The predicted molar refractivity (Wildman–Crippen MR) is 101 cm³/mol. The number of anilines is 2. The van der Waals surface area contributed by atoms with E-state index in [1.165, 1.54) is 5.56 Å². The number of benzene rings is 2. The molecule has 1 aliphatic heterocycles. The molecule has 0 spiro atoms. The zero-order valence-electron chi connectivity index (χ0n) is 14.8. The molecule has 2 N–H and O–H groups in total. The van der Waals surface area contributed by atoms with Crippen molar-refractivity contribution in [1.82, 2.24) is 0 Å². The quantitative estimate of drug-likeness (QED) is 0.857. The van der Waals surface area contributed by atoms with Crippen molar-refractivity contribution in [2.75, 3.05) is 10.6 Å². The van der Waals surface area contributed by atoms with E-state index in [-0.39, 0.29) is 17.2 Å². The third kappa shape index (κ3) is 4.27. The smallest absolute Gasteiger partial charge is 0.225 e. The first-order chi connectivity index (χ1) is 11.9. The minimum atomic E-state index is -0.230. The van der Waals surface area contributed by atoms with Gasteiger partial charge in [-0.2, -0.15) is 0 Å². The number of amides is 2. The molecule has 3 rings (SSSR count). The van der Waals surface area contributed by atoms with Gasteiger partial charge in [-0.1, -0.05) is 44.2 Å². The summed E-state index contributed by atoms with van der Waals surface area (Å²) in [6.45, 7) is 4.10. The van der Waals surface area contributed by atoms with Gasteiger partial charge in [0.2, 0.25) is 11.8 Å². The van der Waals surface area contributed by atoms with E-state index in [2.05, 4.69) is 36.6 Å². The van der Waals surface area contributed by atoms with Crippen LogP contribution in [0.25, 0.3) is 0 Å². The van der Waals surface area contributed by atoms with Crippen molar-refractivity contribution < 1.29 is 9.59 Å². The number of hydrogen-bond donors (Lipinski definition) is 2. The summed E-state index contributed by atoms with van der Waals surface area (Å²) in [5.74, 6) is 0.0590. The highest BCUT2D eigenvalue weighted by atomic mass is 16.2. The van der Waals surface area contributed by atoms with E-state index < -0.39 is 0 Å². The summed E-state index contributed by atoms with van der Waals surface area (Å²) in [5, 5.41) is 5.87. The molecule has 0 fully saturated rings. The number of carbonyl (C=O) groups excluding carboxylic acids is 2.